The minimum Gasteiger partial charge on any atom is -0.399 e. The Morgan fingerprint density at radius 2 is 2.08 bits per heavy atom. The van der Waals surface area contributed by atoms with Gasteiger partial charge in [-0.2, -0.15) is 10.9 Å². The van der Waals surface area contributed by atoms with Gasteiger partial charge in [0.2, 0.25) is 0 Å². The smallest absolute Gasteiger partial charge is 0.124 e. The quantitative estimate of drug-likeness (QED) is 0.439. The lowest BCUT2D eigenvalue weighted by Crippen LogP contribution is -2.13. The van der Waals surface area contributed by atoms with Crippen LogP contribution < -0.4 is 11.1 Å². The topological polar surface area (TPSA) is 63.3 Å². The van der Waals surface area contributed by atoms with Crippen molar-refractivity contribution < 1.29 is 0 Å². The summed E-state index contributed by atoms with van der Waals surface area (Å²) in [5.41, 5.74) is 9.83. The van der Waals surface area contributed by atoms with Crippen molar-refractivity contribution in [3.8, 4) is 0 Å². The van der Waals surface area contributed by atoms with Gasteiger partial charge in [-0.25, -0.2) is 9.98 Å². The molecule has 2 aliphatic heterocycles. The number of pyridine rings is 1. The number of nitrogens with one attached hydrogen (secondary N) is 1. The lowest BCUT2D eigenvalue weighted by molar-refractivity contribution is 0.619. The molecule has 4 nitrogen and oxygen atoms in total. The Balaban J connectivity index is 1.56. The fourth-order valence-electron chi connectivity index (χ4n) is 3.88. The molecule has 2 aromatic heterocycles. The minimum absolute atomic E-state index is 0.571. The molecule has 0 aliphatic carbocycles. The number of aliphatic imine (C=N–C) groups is 1. The van der Waals surface area contributed by atoms with Crippen LogP contribution in [-0.4, -0.2) is 23.6 Å². The molecule has 3 N–H and O–H groups in total. The molecule has 26 heavy (non-hydrogen) atoms. The fraction of sp³-hybridized carbons (Fsp3) is 0.300. The molecule has 0 bridgehead atoms. The van der Waals surface area contributed by atoms with E-state index in [1.807, 2.05) is 29.7 Å². The van der Waals surface area contributed by atoms with Crippen LogP contribution in [0.1, 0.15) is 30.1 Å². The van der Waals surface area contributed by atoms with Gasteiger partial charge in [0, 0.05) is 37.5 Å². The van der Waals surface area contributed by atoms with Crippen LogP contribution in [0.15, 0.2) is 51.3 Å². The van der Waals surface area contributed by atoms with Crippen molar-refractivity contribution in [2.24, 2.45) is 4.99 Å². The molecule has 1 aromatic carbocycles. The van der Waals surface area contributed by atoms with Crippen molar-refractivity contribution in [2.75, 3.05) is 18.8 Å². The highest BCUT2D eigenvalue weighted by Crippen LogP contribution is 2.54. The molecule has 6 heteroatoms. The number of fused-ring (bicyclic) bond motifs is 2. The molecule has 0 saturated carbocycles. The Hall–Kier alpha value is -1.89. The first-order valence-electron chi connectivity index (χ1n) is 9.12. The molecule has 1 saturated heterocycles. The molecule has 2 aliphatic rings. The predicted octanol–water partition coefficient (Wildman–Crippen LogP) is 4.83. The number of nitrogens with two attached hydrogens (primary N) is 1. The van der Waals surface area contributed by atoms with Gasteiger partial charge in [-0.05, 0) is 68.6 Å². The maximum Gasteiger partial charge on any atom is 0.124 e. The highest BCUT2D eigenvalue weighted by Gasteiger charge is 2.22. The van der Waals surface area contributed by atoms with E-state index in [0.717, 1.165) is 29.3 Å². The van der Waals surface area contributed by atoms with Gasteiger partial charge in [0.25, 0.3) is 0 Å². The Morgan fingerprint density at radius 1 is 1.12 bits per heavy atom. The number of rotatable bonds is 2. The third-order valence-electron chi connectivity index (χ3n) is 5.24. The zero-order valence-corrected chi connectivity index (χ0v) is 16.2. The number of thiophene rings is 1. The Kier molecular flexibility index (Phi) is 4.19. The third kappa shape index (κ3) is 2.82. The van der Waals surface area contributed by atoms with Gasteiger partial charge in [0.1, 0.15) is 4.83 Å². The van der Waals surface area contributed by atoms with E-state index in [4.69, 9.17) is 5.73 Å². The molecule has 134 valence electrons. The van der Waals surface area contributed by atoms with E-state index in [9.17, 15) is 0 Å². The number of benzene rings is 1. The monoisotopic (exact) mass is 382 g/mol. The molecule has 4 heterocycles. The van der Waals surface area contributed by atoms with E-state index >= 15 is 0 Å². The van der Waals surface area contributed by atoms with Crippen LogP contribution in [0.4, 0.5) is 11.4 Å². The largest absolute Gasteiger partial charge is 0.399 e. The van der Waals surface area contributed by atoms with Crippen LogP contribution in [0.5, 0.6) is 0 Å². The molecule has 0 radical (unpaired) electrons. The Morgan fingerprint density at radius 3 is 3.04 bits per heavy atom. The first-order chi connectivity index (χ1) is 12.8. The zero-order valence-electron chi connectivity index (χ0n) is 14.5. The summed E-state index contributed by atoms with van der Waals surface area (Å²) in [6, 6.07) is 10.7. The van der Waals surface area contributed by atoms with Gasteiger partial charge >= 0.3 is 0 Å². The SMILES string of the molecule is Nc1ccc2c(c1)N=C[SH]2c1ccnc2sc(C3CCCNCC3)cc12. The van der Waals surface area contributed by atoms with E-state index in [-0.39, 0.29) is 0 Å². The van der Waals surface area contributed by atoms with Crippen LogP contribution in [0.2, 0.25) is 0 Å². The van der Waals surface area contributed by atoms with Crippen molar-refractivity contribution in [2.45, 2.75) is 35.0 Å². The highest BCUT2D eigenvalue weighted by atomic mass is 32.2. The molecule has 2 unspecified atom stereocenters. The fourth-order valence-corrected chi connectivity index (χ4v) is 7.16. The maximum absolute atomic E-state index is 5.92. The molecular weight excluding hydrogens is 360 g/mol. The summed E-state index contributed by atoms with van der Waals surface area (Å²) < 4.78 is 0. The highest BCUT2D eigenvalue weighted by molar-refractivity contribution is 8.29. The molecule has 1 fully saturated rings. The van der Waals surface area contributed by atoms with Crippen molar-refractivity contribution >= 4 is 49.4 Å². The van der Waals surface area contributed by atoms with E-state index < -0.39 is 10.9 Å². The molecule has 0 amide bonds. The molecule has 0 spiro atoms. The van der Waals surface area contributed by atoms with Crippen molar-refractivity contribution in [3.05, 3.63) is 41.4 Å². The van der Waals surface area contributed by atoms with Gasteiger partial charge in [-0.15, -0.1) is 11.3 Å². The maximum atomic E-state index is 5.92. The lowest BCUT2D eigenvalue weighted by atomic mass is 9.99. The first kappa shape index (κ1) is 16.3. The minimum atomic E-state index is -0.571. The third-order valence-corrected chi connectivity index (χ3v) is 8.60. The molecular formula is C20H22N4S2. The Labute approximate surface area is 159 Å². The number of hydrogen-bond acceptors (Lipinski definition) is 5. The summed E-state index contributed by atoms with van der Waals surface area (Å²) in [7, 11) is -0.571. The second kappa shape index (κ2) is 6.68. The van der Waals surface area contributed by atoms with E-state index in [1.165, 1.54) is 39.3 Å². The normalized spacial score (nSPS) is 23.8. The van der Waals surface area contributed by atoms with Crippen LogP contribution in [-0.2, 0) is 0 Å². The number of aromatic nitrogens is 1. The standard InChI is InChI=1S/C20H22N4S2/c21-14-3-4-19-16(10-14)24-12-26(19)18-6-9-23-20-15(18)11-17(25-20)13-2-1-7-22-8-5-13/h3-4,6,9-13,22,26H,1-2,5,7-8,21H2. The van der Waals surface area contributed by atoms with Crippen molar-refractivity contribution in [1.82, 2.24) is 10.3 Å². The van der Waals surface area contributed by atoms with Crippen molar-refractivity contribution in [1.29, 1.82) is 0 Å². The lowest BCUT2D eigenvalue weighted by Gasteiger charge is -2.15. The number of hydrogen-bond donors (Lipinski definition) is 3. The van der Waals surface area contributed by atoms with Gasteiger partial charge in [-0.3, -0.25) is 0 Å². The number of nitrogen functional groups attached to an aromatic ring is 1. The number of nitrogens with zero attached hydrogens (tertiary/aromatic N) is 2. The van der Waals surface area contributed by atoms with Gasteiger partial charge in [0.05, 0.1) is 5.69 Å². The zero-order chi connectivity index (χ0) is 17.5. The van der Waals surface area contributed by atoms with Gasteiger partial charge in [-0.1, -0.05) is 0 Å². The van der Waals surface area contributed by atoms with Crippen LogP contribution in [0.25, 0.3) is 10.2 Å². The molecule has 3 aromatic rings. The summed E-state index contributed by atoms with van der Waals surface area (Å²) in [4.78, 5) is 14.6. The van der Waals surface area contributed by atoms with Crippen LogP contribution in [0.3, 0.4) is 0 Å². The first-order valence-corrected chi connectivity index (χ1v) is 11.3. The van der Waals surface area contributed by atoms with Crippen LogP contribution >= 0.6 is 22.2 Å². The van der Waals surface area contributed by atoms with Gasteiger partial charge < -0.3 is 11.1 Å². The number of anilines is 1. The second-order valence-electron chi connectivity index (χ2n) is 6.94. The summed E-state index contributed by atoms with van der Waals surface area (Å²) in [6.07, 6.45) is 5.71. The summed E-state index contributed by atoms with van der Waals surface area (Å²) in [5, 5.41) is 4.83. The summed E-state index contributed by atoms with van der Waals surface area (Å²) in [6.45, 7) is 2.26. The summed E-state index contributed by atoms with van der Waals surface area (Å²) in [5.74, 6) is 0.661. The van der Waals surface area contributed by atoms with E-state index in [2.05, 4.69) is 39.0 Å². The Bertz CT molecular complexity index is 987. The van der Waals surface area contributed by atoms with E-state index in [0.29, 0.717) is 5.92 Å². The molecule has 2 atom stereocenters. The second-order valence-corrected chi connectivity index (χ2v) is 9.94. The van der Waals surface area contributed by atoms with Gasteiger partial charge in [0.15, 0.2) is 0 Å². The average molecular weight is 383 g/mol. The average Bonchev–Trinajstić information content (AvgIpc) is 3.16. The van der Waals surface area contributed by atoms with E-state index in [1.54, 1.807) is 0 Å². The summed E-state index contributed by atoms with van der Waals surface area (Å²) >= 11 is 1.88. The molecule has 5 rings (SSSR count). The van der Waals surface area contributed by atoms with Crippen LogP contribution in [0, 0.1) is 0 Å². The predicted molar refractivity (Wildman–Crippen MR) is 114 cm³/mol. The number of thiol groups is 1. The van der Waals surface area contributed by atoms with Crippen molar-refractivity contribution in [3.63, 3.8) is 0 Å².